The fourth-order valence-electron chi connectivity index (χ4n) is 0.447. The molecule has 0 saturated heterocycles. The highest BCUT2D eigenvalue weighted by atomic mass is 16.5. The molecule has 0 radical (unpaired) electrons. The zero-order chi connectivity index (χ0) is 8.69. The van der Waals surface area contributed by atoms with E-state index in [1.54, 1.807) is 7.11 Å². The number of nitrogens with two attached hydrogens (primary N) is 1. The Morgan fingerprint density at radius 3 is 2.27 bits per heavy atom. The molecule has 0 aliphatic rings. The van der Waals surface area contributed by atoms with Crippen LogP contribution in [0.5, 0.6) is 0 Å². The Hall–Kier alpha value is -1.06. The zero-order valence-corrected chi connectivity index (χ0v) is 7.29. The summed E-state index contributed by atoms with van der Waals surface area (Å²) in [5.41, 5.74) is 5.42. The van der Waals surface area contributed by atoms with E-state index in [9.17, 15) is 0 Å². The van der Waals surface area contributed by atoms with Crippen LogP contribution in [0.4, 0.5) is 0 Å². The molecule has 0 atom stereocenters. The van der Waals surface area contributed by atoms with Crippen LogP contribution in [0.2, 0.25) is 0 Å². The van der Waals surface area contributed by atoms with Gasteiger partial charge in [-0.1, -0.05) is 13.8 Å². The summed E-state index contributed by atoms with van der Waals surface area (Å²) in [5.74, 6) is 1.12. The van der Waals surface area contributed by atoms with Gasteiger partial charge in [0.15, 0.2) is 0 Å². The summed E-state index contributed by atoms with van der Waals surface area (Å²) in [7, 11) is 1.57. The fourth-order valence-corrected chi connectivity index (χ4v) is 0.447. The predicted molar refractivity (Wildman–Crippen MR) is 46.6 cm³/mol. The van der Waals surface area contributed by atoms with E-state index in [-0.39, 0.29) is 0 Å². The van der Waals surface area contributed by atoms with Gasteiger partial charge < -0.3 is 10.5 Å². The third-order valence-corrected chi connectivity index (χ3v) is 1.19. The lowest BCUT2D eigenvalue weighted by molar-refractivity contribution is 0.390. The SMILES string of the molecule is CCC(N)=N/N=C(/CC)OC. The van der Waals surface area contributed by atoms with E-state index in [1.165, 1.54) is 0 Å². The number of rotatable bonds is 3. The first-order chi connectivity index (χ1) is 5.24. The first kappa shape index (κ1) is 9.94. The number of hydrogen-bond acceptors (Lipinski definition) is 3. The van der Waals surface area contributed by atoms with Crippen molar-refractivity contribution in [1.82, 2.24) is 0 Å². The van der Waals surface area contributed by atoms with E-state index in [4.69, 9.17) is 10.5 Å². The third-order valence-electron chi connectivity index (χ3n) is 1.19. The molecule has 4 heteroatoms. The standard InChI is InChI=1S/C7H15N3O/c1-4-6(8)9-10-7(5-2)11-3/h4-5H2,1-3H3,(H2,8,9)/b10-7-. The Morgan fingerprint density at radius 2 is 1.91 bits per heavy atom. The average Bonchev–Trinajstić information content (AvgIpc) is 2.06. The Balaban J connectivity index is 4.06. The average molecular weight is 157 g/mol. The molecule has 0 unspecified atom stereocenters. The molecule has 0 aliphatic heterocycles. The van der Waals surface area contributed by atoms with Gasteiger partial charge >= 0.3 is 0 Å². The van der Waals surface area contributed by atoms with Crippen molar-refractivity contribution >= 4 is 11.7 Å². The number of methoxy groups -OCH3 is 1. The van der Waals surface area contributed by atoms with Gasteiger partial charge in [-0.05, 0) is 0 Å². The summed E-state index contributed by atoms with van der Waals surface area (Å²) >= 11 is 0. The Labute approximate surface area is 67.1 Å². The first-order valence-corrected chi connectivity index (χ1v) is 3.67. The van der Waals surface area contributed by atoms with Crippen molar-refractivity contribution in [3.05, 3.63) is 0 Å². The molecule has 4 nitrogen and oxygen atoms in total. The minimum absolute atomic E-state index is 0.521. The second-order valence-corrected chi connectivity index (χ2v) is 2.00. The lowest BCUT2D eigenvalue weighted by Crippen LogP contribution is -2.09. The van der Waals surface area contributed by atoms with Gasteiger partial charge in [0.25, 0.3) is 0 Å². The van der Waals surface area contributed by atoms with Crippen molar-refractivity contribution in [2.24, 2.45) is 15.9 Å². The van der Waals surface area contributed by atoms with Crippen LogP contribution < -0.4 is 5.73 Å². The minimum atomic E-state index is 0.521. The number of nitrogens with zero attached hydrogens (tertiary/aromatic N) is 2. The molecule has 0 saturated carbocycles. The first-order valence-electron chi connectivity index (χ1n) is 3.67. The van der Waals surface area contributed by atoms with Crippen LogP contribution in [0.25, 0.3) is 0 Å². The second kappa shape index (κ2) is 5.70. The topological polar surface area (TPSA) is 60.0 Å². The summed E-state index contributed by atoms with van der Waals surface area (Å²) < 4.78 is 4.88. The molecule has 0 aromatic carbocycles. The van der Waals surface area contributed by atoms with E-state index in [2.05, 4.69) is 10.2 Å². The van der Waals surface area contributed by atoms with E-state index >= 15 is 0 Å². The predicted octanol–water partition coefficient (Wildman–Crippen LogP) is 1.12. The lowest BCUT2D eigenvalue weighted by Gasteiger charge is -1.97. The molecule has 0 rings (SSSR count). The van der Waals surface area contributed by atoms with Gasteiger partial charge in [-0.2, -0.15) is 0 Å². The highest BCUT2D eigenvalue weighted by molar-refractivity contribution is 5.81. The van der Waals surface area contributed by atoms with Gasteiger partial charge in [-0.3, -0.25) is 0 Å². The molecule has 0 aromatic rings. The molecule has 0 aliphatic carbocycles. The van der Waals surface area contributed by atoms with Crippen LogP contribution in [-0.2, 0) is 4.74 Å². The second-order valence-electron chi connectivity index (χ2n) is 2.00. The molecular formula is C7H15N3O. The van der Waals surface area contributed by atoms with E-state index in [1.807, 2.05) is 13.8 Å². The van der Waals surface area contributed by atoms with E-state index in [0.29, 0.717) is 18.2 Å². The fraction of sp³-hybridized carbons (Fsp3) is 0.714. The Morgan fingerprint density at radius 1 is 1.27 bits per heavy atom. The highest BCUT2D eigenvalue weighted by Gasteiger charge is 1.91. The van der Waals surface area contributed by atoms with Crippen molar-refractivity contribution in [3.63, 3.8) is 0 Å². The van der Waals surface area contributed by atoms with Crippen LogP contribution in [0.15, 0.2) is 10.2 Å². The van der Waals surface area contributed by atoms with Gasteiger partial charge in [-0.15, -0.1) is 10.2 Å². The third kappa shape index (κ3) is 4.36. The van der Waals surface area contributed by atoms with Gasteiger partial charge in [0.05, 0.1) is 7.11 Å². The maximum Gasteiger partial charge on any atom is 0.208 e. The molecule has 2 N–H and O–H groups in total. The van der Waals surface area contributed by atoms with Gasteiger partial charge in [0, 0.05) is 12.8 Å². The quantitative estimate of drug-likeness (QED) is 0.379. The molecule has 64 valence electrons. The molecule has 0 fully saturated rings. The summed E-state index contributed by atoms with van der Waals surface area (Å²) in [6.45, 7) is 3.87. The molecule has 0 spiro atoms. The van der Waals surface area contributed by atoms with Gasteiger partial charge in [0.1, 0.15) is 5.84 Å². The summed E-state index contributed by atoms with van der Waals surface area (Å²) in [4.78, 5) is 0. The Bertz CT molecular complexity index is 157. The van der Waals surface area contributed by atoms with Crippen LogP contribution in [-0.4, -0.2) is 18.8 Å². The molecule has 11 heavy (non-hydrogen) atoms. The van der Waals surface area contributed by atoms with Crippen LogP contribution >= 0.6 is 0 Å². The monoisotopic (exact) mass is 157 g/mol. The van der Waals surface area contributed by atoms with Crippen LogP contribution in [0.3, 0.4) is 0 Å². The van der Waals surface area contributed by atoms with Crippen molar-refractivity contribution in [2.75, 3.05) is 7.11 Å². The lowest BCUT2D eigenvalue weighted by atomic mass is 10.5. The molecule has 0 bridgehead atoms. The van der Waals surface area contributed by atoms with Crippen molar-refractivity contribution in [3.8, 4) is 0 Å². The number of ether oxygens (including phenoxy) is 1. The smallest absolute Gasteiger partial charge is 0.208 e. The number of amidine groups is 1. The van der Waals surface area contributed by atoms with E-state index < -0.39 is 0 Å². The maximum atomic E-state index is 5.42. The molecule has 0 heterocycles. The van der Waals surface area contributed by atoms with Crippen molar-refractivity contribution < 1.29 is 4.74 Å². The largest absolute Gasteiger partial charge is 0.483 e. The maximum absolute atomic E-state index is 5.42. The molecule has 0 aromatic heterocycles. The minimum Gasteiger partial charge on any atom is -0.483 e. The summed E-state index contributed by atoms with van der Waals surface area (Å²) in [5, 5.41) is 7.53. The molecule has 0 amide bonds. The summed E-state index contributed by atoms with van der Waals surface area (Å²) in [6, 6.07) is 0. The molecular weight excluding hydrogens is 142 g/mol. The zero-order valence-electron chi connectivity index (χ0n) is 7.29. The van der Waals surface area contributed by atoms with Gasteiger partial charge in [0.2, 0.25) is 5.90 Å². The van der Waals surface area contributed by atoms with Crippen LogP contribution in [0, 0.1) is 0 Å². The normalized spacial score (nSPS) is 13.4. The highest BCUT2D eigenvalue weighted by Crippen LogP contribution is 1.88. The summed E-state index contributed by atoms with van der Waals surface area (Å²) in [6.07, 6.45) is 1.45. The Kier molecular flexibility index (Phi) is 5.15. The van der Waals surface area contributed by atoms with Crippen LogP contribution in [0.1, 0.15) is 26.7 Å². The van der Waals surface area contributed by atoms with E-state index in [0.717, 1.165) is 6.42 Å². The van der Waals surface area contributed by atoms with Gasteiger partial charge in [-0.25, -0.2) is 0 Å². The van der Waals surface area contributed by atoms with Crippen molar-refractivity contribution in [2.45, 2.75) is 26.7 Å². The van der Waals surface area contributed by atoms with Crippen molar-refractivity contribution in [1.29, 1.82) is 0 Å². The number of hydrogen-bond donors (Lipinski definition) is 1.